The minimum atomic E-state index is -0.0184. The van der Waals surface area contributed by atoms with Crippen molar-refractivity contribution in [1.29, 1.82) is 0 Å². The molecule has 0 bridgehead atoms. The predicted octanol–water partition coefficient (Wildman–Crippen LogP) is 14.9. The molecule has 1 heterocycles. The van der Waals surface area contributed by atoms with Crippen molar-refractivity contribution in [3.63, 3.8) is 0 Å². The number of hydrogen-bond donors (Lipinski definition) is 0. The molecule has 0 spiro atoms. The lowest BCUT2D eigenvalue weighted by molar-refractivity contribution is -0.146. The highest BCUT2D eigenvalue weighted by Crippen LogP contribution is 2.24. The molecule has 0 aliphatic carbocycles. The molecule has 0 atom stereocenters. The summed E-state index contributed by atoms with van der Waals surface area (Å²) >= 11 is 0. The van der Waals surface area contributed by atoms with E-state index in [0.717, 1.165) is 70.1 Å². The van der Waals surface area contributed by atoms with E-state index in [1.807, 2.05) is 0 Å². The standard InChI is InChI=1S/C50H93NO4/c1-5-46(6-2)44-54-49(52)39-31-27-23-19-15-11-9-13-17-21-25-29-36-48(38-35-43-51-41-33-34-42-51)37-30-26-22-18-14-10-12-16-20-24-28-32-40-50(53)55-45-47(7-3)8-4/h15-16,19-20,46-48H,5-14,17-18,21-45H2,1-4H3/b19-15-,20-16-. The maximum absolute atomic E-state index is 11.9. The molecule has 0 unspecified atom stereocenters. The minimum absolute atomic E-state index is 0.0184. The van der Waals surface area contributed by atoms with E-state index >= 15 is 0 Å². The fraction of sp³-hybridized carbons (Fsp3) is 0.880. The normalized spacial score (nSPS) is 13.8. The Morgan fingerprint density at radius 2 is 0.800 bits per heavy atom. The third kappa shape index (κ3) is 33.1. The van der Waals surface area contributed by atoms with E-state index < -0.39 is 0 Å². The van der Waals surface area contributed by atoms with Crippen LogP contribution in [0.1, 0.15) is 233 Å². The van der Waals surface area contributed by atoms with Gasteiger partial charge in [0, 0.05) is 12.8 Å². The quantitative estimate of drug-likeness (QED) is 0.0353. The van der Waals surface area contributed by atoms with Crippen LogP contribution in [0.5, 0.6) is 0 Å². The average molecular weight is 772 g/mol. The molecule has 1 aliphatic heterocycles. The van der Waals surface area contributed by atoms with Crippen LogP contribution in [-0.4, -0.2) is 49.7 Å². The first-order chi connectivity index (χ1) is 27.0. The topological polar surface area (TPSA) is 55.8 Å². The maximum Gasteiger partial charge on any atom is 0.305 e. The van der Waals surface area contributed by atoms with Gasteiger partial charge in [-0.2, -0.15) is 0 Å². The lowest BCUT2D eigenvalue weighted by atomic mass is 9.90. The highest BCUT2D eigenvalue weighted by atomic mass is 16.5. The van der Waals surface area contributed by atoms with Gasteiger partial charge in [-0.3, -0.25) is 9.59 Å². The highest BCUT2D eigenvalue weighted by Gasteiger charge is 2.14. The van der Waals surface area contributed by atoms with Crippen LogP contribution in [0.4, 0.5) is 0 Å². The predicted molar refractivity (Wildman–Crippen MR) is 238 cm³/mol. The van der Waals surface area contributed by atoms with Crippen LogP contribution in [0.2, 0.25) is 0 Å². The Labute approximate surface area is 343 Å². The van der Waals surface area contributed by atoms with Crippen LogP contribution in [-0.2, 0) is 19.1 Å². The van der Waals surface area contributed by atoms with Gasteiger partial charge in [0.15, 0.2) is 0 Å². The molecule has 1 aliphatic rings. The Balaban J connectivity index is 2.04. The molecule has 0 aromatic rings. The SMILES string of the molecule is CCC(CC)COC(=O)CCCC/C=C\CCCCCCCCC(CCCCCCCC/C=C\CCCCC(=O)OCC(CC)CC)CCCN1CCCC1. The number of unbranched alkanes of at least 4 members (excludes halogenated alkanes) is 16. The van der Waals surface area contributed by atoms with Crippen molar-refractivity contribution in [1.82, 2.24) is 4.90 Å². The summed E-state index contributed by atoms with van der Waals surface area (Å²) in [4.78, 5) is 26.5. The third-order valence-electron chi connectivity index (χ3n) is 12.4. The molecule has 5 nitrogen and oxygen atoms in total. The van der Waals surface area contributed by atoms with E-state index in [9.17, 15) is 9.59 Å². The van der Waals surface area contributed by atoms with Crippen LogP contribution in [0.3, 0.4) is 0 Å². The zero-order valence-corrected chi connectivity index (χ0v) is 37.3. The summed E-state index contributed by atoms with van der Waals surface area (Å²) in [7, 11) is 0. The van der Waals surface area contributed by atoms with Crippen molar-refractivity contribution in [2.24, 2.45) is 17.8 Å². The van der Waals surface area contributed by atoms with E-state index in [-0.39, 0.29) is 11.9 Å². The fourth-order valence-electron chi connectivity index (χ4n) is 8.00. The number of carbonyl (C=O) groups is 2. The summed E-state index contributed by atoms with van der Waals surface area (Å²) in [6, 6.07) is 0. The molecule has 1 saturated heterocycles. The Morgan fingerprint density at radius 1 is 0.455 bits per heavy atom. The van der Waals surface area contributed by atoms with Gasteiger partial charge in [-0.1, -0.05) is 155 Å². The summed E-state index contributed by atoms with van der Waals surface area (Å²) in [5.74, 6) is 1.94. The number of allylic oxidation sites excluding steroid dienone is 4. The molecule has 0 amide bonds. The zero-order valence-electron chi connectivity index (χ0n) is 37.3. The van der Waals surface area contributed by atoms with Crippen LogP contribution in [0, 0.1) is 17.8 Å². The van der Waals surface area contributed by atoms with Crippen molar-refractivity contribution in [2.75, 3.05) is 32.8 Å². The summed E-state index contributed by atoms with van der Waals surface area (Å²) < 4.78 is 10.9. The molecule has 0 radical (unpaired) electrons. The van der Waals surface area contributed by atoms with Gasteiger partial charge in [-0.15, -0.1) is 0 Å². The average Bonchev–Trinajstić information content (AvgIpc) is 3.72. The minimum Gasteiger partial charge on any atom is -0.465 e. The van der Waals surface area contributed by atoms with Crippen LogP contribution >= 0.6 is 0 Å². The Bertz CT molecular complexity index is 839. The third-order valence-corrected chi connectivity index (χ3v) is 12.4. The molecule has 0 aromatic carbocycles. The van der Waals surface area contributed by atoms with Crippen molar-refractivity contribution in [3.05, 3.63) is 24.3 Å². The number of carbonyl (C=O) groups excluding carboxylic acids is 2. The molecule has 1 rings (SSSR count). The second kappa shape index (κ2) is 39.2. The highest BCUT2D eigenvalue weighted by molar-refractivity contribution is 5.69. The molecule has 0 N–H and O–H groups in total. The van der Waals surface area contributed by atoms with Gasteiger partial charge in [0.1, 0.15) is 0 Å². The summed E-state index contributed by atoms with van der Waals surface area (Å²) in [6.45, 7) is 13.9. The number of ether oxygens (including phenoxy) is 2. The lowest BCUT2D eigenvalue weighted by Crippen LogP contribution is -2.21. The van der Waals surface area contributed by atoms with Gasteiger partial charge in [-0.05, 0) is 127 Å². The Morgan fingerprint density at radius 3 is 1.20 bits per heavy atom. The number of likely N-dealkylation sites (tertiary alicyclic amines) is 1. The van der Waals surface area contributed by atoms with Gasteiger partial charge < -0.3 is 14.4 Å². The Kier molecular flexibility index (Phi) is 36.6. The van der Waals surface area contributed by atoms with Crippen molar-refractivity contribution >= 4 is 11.9 Å². The van der Waals surface area contributed by atoms with Crippen LogP contribution in [0.25, 0.3) is 0 Å². The van der Waals surface area contributed by atoms with Gasteiger partial charge in [0.2, 0.25) is 0 Å². The molecule has 1 fully saturated rings. The van der Waals surface area contributed by atoms with E-state index in [2.05, 4.69) is 56.9 Å². The van der Waals surface area contributed by atoms with Gasteiger partial charge in [0.05, 0.1) is 13.2 Å². The van der Waals surface area contributed by atoms with Gasteiger partial charge in [-0.25, -0.2) is 0 Å². The second-order valence-corrected chi connectivity index (χ2v) is 17.1. The lowest BCUT2D eigenvalue weighted by Gasteiger charge is -2.20. The molecular weight excluding hydrogens is 679 g/mol. The van der Waals surface area contributed by atoms with E-state index in [0.29, 0.717) is 37.9 Å². The van der Waals surface area contributed by atoms with Crippen molar-refractivity contribution in [2.45, 2.75) is 233 Å². The van der Waals surface area contributed by atoms with Crippen molar-refractivity contribution < 1.29 is 19.1 Å². The molecule has 0 saturated carbocycles. The van der Waals surface area contributed by atoms with Gasteiger partial charge in [0.25, 0.3) is 0 Å². The molecule has 5 heteroatoms. The second-order valence-electron chi connectivity index (χ2n) is 17.1. The first-order valence-corrected chi connectivity index (χ1v) is 24.4. The summed E-state index contributed by atoms with van der Waals surface area (Å²) in [5.41, 5.74) is 0. The van der Waals surface area contributed by atoms with Crippen LogP contribution < -0.4 is 0 Å². The number of nitrogens with zero attached hydrogens (tertiary/aromatic N) is 1. The maximum atomic E-state index is 11.9. The smallest absolute Gasteiger partial charge is 0.305 e. The van der Waals surface area contributed by atoms with E-state index in [1.54, 1.807) is 0 Å². The van der Waals surface area contributed by atoms with Crippen molar-refractivity contribution in [3.8, 4) is 0 Å². The first kappa shape index (κ1) is 51.4. The first-order valence-electron chi connectivity index (χ1n) is 24.4. The van der Waals surface area contributed by atoms with E-state index in [4.69, 9.17) is 9.47 Å². The summed E-state index contributed by atoms with van der Waals surface area (Å²) in [5, 5.41) is 0. The summed E-state index contributed by atoms with van der Waals surface area (Å²) in [6.07, 6.45) is 48.6. The molecular formula is C50H93NO4. The number of esters is 2. The number of hydrogen-bond acceptors (Lipinski definition) is 5. The van der Waals surface area contributed by atoms with Gasteiger partial charge >= 0.3 is 11.9 Å². The zero-order chi connectivity index (χ0) is 39.9. The largest absolute Gasteiger partial charge is 0.465 e. The molecule has 55 heavy (non-hydrogen) atoms. The molecule has 322 valence electrons. The number of rotatable bonds is 40. The van der Waals surface area contributed by atoms with E-state index in [1.165, 1.54) is 148 Å². The fourth-order valence-corrected chi connectivity index (χ4v) is 8.00. The molecule has 0 aromatic heterocycles. The monoisotopic (exact) mass is 772 g/mol. The Hall–Kier alpha value is -1.62. The van der Waals surface area contributed by atoms with Crippen LogP contribution in [0.15, 0.2) is 24.3 Å².